The van der Waals surface area contributed by atoms with Crippen molar-refractivity contribution in [1.82, 2.24) is 9.62 Å². The van der Waals surface area contributed by atoms with Gasteiger partial charge in [0.15, 0.2) is 0 Å². The Morgan fingerprint density at radius 3 is 2.41 bits per heavy atom. The van der Waals surface area contributed by atoms with Crippen LogP contribution in [0, 0.1) is 0 Å². The van der Waals surface area contributed by atoms with Crippen LogP contribution < -0.4 is 9.46 Å². The van der Waals surface area contributed by atoms with Crippen LogP contribution in [-0.2, 0) is 14.8 Å². The predicted molar refractivity (Wildman–Crippen MR) is 110 cm³/mol. The minimum absolute atomic E-state index is 0.00697. The molecule has 1 saturated heterocycles. The first kappa shape index (κ1) is 21.3. The summed E-state index contributed by atoms with van der Waals surface area (Å²) < 4.78 is 37.0. The molecule has 8 heteroatoms. The summed E-state index contributed by atoms with van der Waals surface area (Å²) in [7, 11) is -0.493. The molecule has 0 aliphatic carbocycles. The zero-order chi connectivity index (χ0) is 20.9. The number of rotatable bonds is 8. The summed E-state index contributed by atoms with van der Waals surface area (Å²) in [6.45, 7) is 1.16. The van der Waals surface area contributed by atoms with Crippen LogP contribution in [0.2, 0.25) is 0 Å². The summed E-state index contributed by atoms with van der Waals surface area (Å²) in [6.07, 6.45) is 1.83. The Hall–Kier alpha value is -2.42. The van der Waals surface area contributed by atoms with Gasteiger partial charge >= 0.3 is 0 Å². The van der Waals surface area contributed by atoms with Crippen molar-refractivity contribution in [3.8, 4) is 5.75 Å². The molecule has 1 fully saturated rings. The smallest absolute Gasteiger partial charge is 0.254 e. The lowest BCUT2D eigenvalue weighted by Crippen LogP contribution is -2.30. The van der Waals surface area contributed by atoms with E-state index in [2.05, 4.69) is 4.72 Å². The quantitative estimate of drug-likeness (QED) is 0.666. The molecule has 156 valence electrons. The van der Waals surface area contributed by atoms with Crippen LogP contribution in [0.3, 0.4) is 0 Å². The van der Waals surface area contributed by atoms with Gasteiger partial charge in [-0.25, -0.2) is 13.1 Å². The molecule has 1 N–H and O–H groups in total. The normalized spacial score (nSPS) is 16.8. The fourth-order valence-corrected chi connectivity index (χ4v) is 4.50. The van der Waals surface area contributed by atoms with Crippen LogP contribution in [0.25, 0.3) is 0 Å². The number of nitrogens with zero attached hydrogens (tertiary/aromatic N) is 1. The van der Waals surface area contributed by atoms with Crippen LogP contribution in [-0.4, -0.2) is 53.1 Å². The van der Waals surface area contributed by atoms with Crippen molar-refractivity contribution < 1.29 is 22.7 Å². The minimum Gasteiger partial charge on any atom is -0.497 e. The lowest BCUT2D eigenvalue weighted by Gasteiger charge is -2.25. The highest BCUT2D eigenvalue weighted by Gasteiger charge is 2.30. The third-order valence-electron chi connectivity index (χ3n) is 5.02. The van der Waals surface area contributed by atoms with Crippen LogP contribution >= 0.6 is 0 Å². The van der Waals surface area contributed by atoms with E-state index in [-0.39, 0.29) is 30.0 Å². The van der Waals surface area contributed by atoms with Gasteiger partial charge in [-0.2, -0.15) is 0 Å². The topological polar surface area (TPSA) is 84.9 Å². The van der Waals surface area contributed by atoms with Crippen LogP contribution in [0.15, 0.2) is 53.4 Å². The van der Waals surface area contributed by atoms with E-state index in [0.717, 1.165) is 24.2 Å². The van der Waals surface area contributed by atoms with Gasteiger partial charge in [0.05, 0.1) is 24.7 Å². The number of benzene rings is 2. The van der Waals surface area contributed by atoms with Gasteiger partial charge in [0.1, 0.15) is 5.75 Å². The highest BCUT2D eigenvalue weighted by molar-refractivity contribution is 7.89. The van der Waals surface area contributed by atoms with E-state index in [1.807, 2.05) is 29.2 Å². The van der Waals surface area contributed by atoms with Crippen molar-refractivity contribution in [3.05, 3.63) is 59.7 Å². The second-order valence-corrected chi connectivity index (χ2v) is 8.61. The lowest BCUT2D eigenvalue weighted by atomic mass is 10.0. The van der Waals surface area contributed by atoms with Gasteiger partial charge in [0, 0.05) is 25.8 Å². The molecule has 7 nitrogen and oxygen atoms in total. The largest absolute Gasteiger partial charge is 0.497 e. The van der Waals surface area contributed by atoms with Gasteiger partial charge in [0.2, 0.25) is 10.0 Å². The summed E-state index contributed by atoms with van der Waals surface area (Å²) in [5, 5.41) is 0. The summed E-state index contributed by atoms with van der Waals surface area (Å²) in [5.74, 6) is 0.681. The molecule has 29 heavy (non-hydrogen) atoms. The molecule has 1 atom stereocenters. The van der Waals surface area contributed by atoms with Crippen LogP contribution in [0.4, 0.5) is 0 Å². The number of ether oxygens (including phenoxy) is 2. The number of likely N-dealkylation sites (tertiary alicyclic amines) is 1. The molecule has 0 aromatic heterocycles. The van der Waals surface area contributed by atoms with Crippen LogP contribution in [0.5, 0.6) is 5.75 Å². The third-order valence-corrected chi connectivity index (χ3v) is 6.50. The fraction of sp³-hybridized carbons (Fsp3) is 0.381. The van der Waals surface area contributed by atoms with Gasteiger partial charge in [-0.05, 0) is 54.8 Å². The van der Waals surface area contributed by atoms with Crippen molar-refractivity contribution in [3.63, 3.8) is 0 Å². The molecule has 0 radical (unpaired) electrons. The van der Waals surface area contributed by atoms with E-state index in [1.54, 1.807) is 19.2 Å². The number of sulfonamides is 1. The van der Waals surface area contributed by atoms with Gasteiger partial charge in [-0.3, -0.25) is 4.79 Å². The highest BCUT2D eigenvalue weighted by Crippen LogP contribution is 2.34. The van der Waals surface area contributed by atoms with Gasteiger partial charge < -0.3 is 14.4 Å². The molecule has 2 aromatic carbocycles. The molecular formula is C21H26N2O5S. The van der Waals surface area contributed by atoms with Crippen molar-refractivity contribution in [2.24, 2.45) is 0 Å². The molecular weight excluding hydrogens is 392 g/mol. The van der Waals surface area contributed by atoms with E-state index < -0.39 is 10.0 Å². The SMILES string of the molecule is COCCNS(=O)(=O)c1ccc(C(=O)N2CCC[C@@H]2c2ccc(OC)cc2)cc1. The number of carbonyl (C=O) groups is 1. The Morgan fingerprint density at radius 1 is 1.10 bits per heavy atom. The van der Waals surface area contributed by atoms with Crippen molar-refractivity contribution >= 4 is 15.9 Å². The van der Waals surface area contributed by atoms with E-state index in [0.29, 0.717) is 12.1 Å². The second kappa shape index (κ2) is 9.39. The first-order valence-corrected chi connectivity index (χ1v) is 11.0. The number of carbonyl (C=O) groups excluding carboxylic acids is 1. The predicted octanol–water partition coefficient (Wildman–Crippen LogP) is 2.60. The average Bonchev–Trinajstić information content (AvgIpc) is 3.23. The molecule has 0 bridgehead atoms. The summed E-state index contributed by atoms with van der Waals surface area (Å²) in [6, 6.07) is 13.8. The average molecular weight is 419 g/mol. The maximum Gasteiger partial charge on any atom is 0.254 e. The van der Waals surface area contributed by atoms with Gasteiger partial charge in [0.25, 0.3) is 5.91 Å². The number of nitrogens with one attached hydrogen (secondary N) is 1. The molecule has 0 spiro atoms. The van der Waals surface area contributed by atoms with E-state index in [9.17, 15) is 13.2 Å². The molecule has 1 aliphatic rings. The monoisotopic (exact) mass is 418 g/mol. The molecule has 1 amide bonds. The fourth-order valence-electron chi connectivity index (χ4n) is 3.49. The Labute approximate surface area is 171 Å². The number of methoxy groups -OCH3 is 2. The van der Waals surface area contributed by atoms with Gasteiger partial charge in [-0.1, -0.05) is 12.1 Å². The Bertz CT molecular complexity index is 927. The maximum absolute atomic E-state index is 13.0. The van der Waals surface area contributed by atoms with E-state index >= 15 is 0 Å². The molecule has 3 rings (SSSR count). The van der Waals surface area contributed by atoms with Crippen molar-refractivity contribution in [2.45, 2.75) is 23.8 Å². The first-order chi connectivity index (χ1) is 14.0. The second-order valence-electron chi connectivity index (χ2n) is 6.84. The zero-order valence-electron chi connectivity index (χ0n) is 16.6. The lowest BCUT2D eigenvalue weighted by molar-refractivity contribution is 0.0735. The Kier molecular flexibility index (Phi) is 6.89. The van der Waals surface area contributed by atoms with Gasteiger partial charge in [-0.15, -0.1) is 0 Å². The standard InChI is InChI=1S/C21H26N2O5S/c1-27-15-13-22-29(25,26)19-11-7-17(8-12-19)21(24)23-14-3-4-20(23)16-5-9-18(28-2)10-6-16/h5-12,20,22H,3-4,13-15H2,1-2H3/t20-/m1/s1. The number of amides is 1. The number of hydrogen-bond donors (Lipinski definition) is 1. The first-order valence-electron chi connectivity index (χ1n) is 9.50. The summed E-state index contributed by atoms with van der Waals surface area (Å²) in [5.41, 5.74) is 1.54. The minimum atomic E-state index is -3.62. The maximum atomic E-state index is 13.0. The molecule has 2 aromatic rings. The zero-order valence-corrected chi connectivity index (χ0v) is 17.4. The third kappa shape index (κ3) is 4.95. The Morgan fingerprint density at radius 2 is 1.79 bits per heavy atom. The summed E-state index contributed by atoms with van der Waals surface area (Å²) >= 11 is 0. The Balaban J connectivity index is 1.73. The van der Waals surface area contributed by atoms with Crippen molar-refractivity contribution in [1.29, 1.82) is 0 Å². The van der Waals surface area contributed by atoms with E-state index in [4.69, 9.17) is 9.47 Å². The molecule has 1 heterocycles. The van der Waals surface area contributed by atoms with E-state index in [1.165, 1.54) is 19.2 Å². The number of hydrogen-bond acceptors (Lipinski definition) is 5. The molecule has 1 aliphatic heterocycles. The van der Waals surface area contributed by atoms with Crippen molar-refractivity contribution in [2.75, 3.05) is 33.9 Å². The highest BCUT2D eigenvalue weighted by atomic mass is 32.2. The summed E-state index contributed by atoms with van der Waals surface area (Å²) in [4.78, 5) is 15.0. The van der Waals surface area contributed by atoms with Crippen LogP contribution in [0.1, 0.15) is 34.8 Å². The molecule has 0 saturated carbocycles. The molecule has 0 unspecified atom stereocenters.